The summed E-state index contributed by atoms with van der Waals surface area (Å²) in [6.07, 6.45) is 4.25. The van der Waals surface area contributed by atoms with E-state index in [2.05, 4.69) is 52.9 Å². The molecule has 0 bridgehead atoms. The van der Waals surface area contributed by atoms with Crippen LogP contribution in [0, 0.1) is 6.92 Å². The van der Waals surface area contributed by atoms with Gasteiger partial charge in [0.15, 0.2) is 17.3 Å². The number of likely N-dealkylation sites (N-methyl/N-ethyl adjacent to an activating group) is 1. The summed E-state index contributed by atoms with van der Waals surface area (Å²) in [4.78, 5) is 10.5. The fraction of sp³-hybridized carbons (Fsp3) is 0.250. The van der Waals surface area contributed by atoms with Crippen molar-refractivity contribution in [1.29, 1.82) is 0 Å². The van der Waals surface area contributed by atoms with Crippen molar-refractivity contribution < 1.29 is 13.1 Å². The van der Waals surface area contributed by atoms with Crippen LogP contribution in [0.2, 0.25) is 0 Å². The van der Waals surface area contributed by atoms with Crippen LogP contribution in [0.4, 0.5) is 0 Å². The average molecular weight is 448 g/mol. The van der Waals surface area contributed by atoms with Crippen molar-refractivity contribution in [3.8, 4) is 0 Å². The van der Waals surface area contributed by atoms with Crippen molar-refractivity contribution in [2.24, 2.45) is 5.10 Å². The van der Waals surface area contributed by atoms with Gasteiger partial charge in [-0.1, -0.05) is 12.1 Å². The number of aryl methyl sites for hydroxylation is 1. The monoisotopic (exact) mass is 446 g/mol. The van der Waals surface area contributed by atoms with E-state index in [0.717, 1.165) is 43.2 Å². The van der Waals surface area contributed by atoms with E-state index < -0.39 is 0 Å². The van der Waals surface area contributed by atoms with Gasteiger partial charge in [-0.05, 0) is 38.2 Å². The SMILES string of the molecule is Cc1cccc(C=N[N-]C(=[SH+])N(C)CCc2ccccn2)n1.[Cl][Cu][Cl]. The molecule has 0 aromatic carbocycles. The van der Waals surface area contributed by atoms with Gasteiger partial charge in [-0.3, -0.25) is 9.97 Å². The minimum atomic E-state index is 0.555. The maximum absolute atomic E-state index is 4.67. The van der Waals surface area contributed by atoms with Crippen molar-refractivity contribution in [1.82, 2.24) is 14.9 Å². The zero-order chi connectivity index (χ0) is 18.5. The van der Waals surface area contributed by atoms with E-state index in [1.165, 1.54) is 0 Å². The second kappa shape index (κ2) is 13.2. The van der Waals surface area contributed by atoms with E-state index in [9.17, 15) is 0 Å². The summed E-state index contributed by atoms with van der Waals surface area (Å²) in [5.74, 6) is 0. The first-order valence-corrected chi connectivity index (χ1v) is 10.3. The Kier molecular flexibility index (Phi) is 11.6. The van der Waals surface area contributed by atoms with Crippen LogP contribution in [0.3, 0.4) is 0 Å². The Hall–Kier alpha value is -1.08. The molecule has 9 heteroatoms. The topological polar surface area (TPSA) is 55.5 Å². The Labute approximate surface area is 168 Å². The Morgan fingerprint density at radius 1 is 1.32 bits per heavy atom. The van der Waals surface area contributed by atoms with Crippen molar-refractivity contribution in [2.75, 3.05) is 13.6 Å². The second-order valence-corrected chi connectivity index (χ2v) is 6.84. The van der Waals surface area contributed by atoms with Gasteiger partial charge in [0.25, 0.3) is 0 Å². The molecule has 139 valence electrons. The maximum atomic E-state index is 4.67. The molecule has 5 nitrogen and oxygen atoms in total. The van der Waals surface area contributed by atoms with Crippen LogP contribution in [0.15, 0.2) is 47.7 Å². The molecule has 2 heterocycles. The number of nitrogens with zero attached hydrogens (tertiary/aromatic N) is 5. The molecule has 0 saturated heterocycles. The molecule has 25 heavy (non-hydrogen) atoms. The van der Waals surface area contributed by atoms with Gasteiger partial charge in [0, 0.05) is 36.8 Å². The third kappa shape index (κ3) is 9.84. The third-order valence-corrected chi connectivity index (χ3v) is 3.45. The molecule has 0 aliphatic carbocycles. The Bertz CT molecular complexity index is 673. The standard InChI is InChI=1S/C16H19N5S.2ClH.Cu/c1-13-6-5-8-15(19-13)12-18-20-16(22)21(2)11-9-14-7-3-4-10-17-14;;;/h3-8,10,12H,9,11H2,1-2H3,(H,19,20,22);2*1H;/q;;;+2/p-2. The normalized spacial score (nSPS) is 10.6. The molecular weight excluding hydrogens is 429 g/mol. The van der Waals surface area contributed by atoms with Crippen LogP contribution in [-0.4, -0.2) is 39.8 Å². The quantitative estimate of drug-likeness (QED) is 0.176. The second-order valence-electron chi connectivity index (χ2n) is 4.88. The predicted molar refractivity (Wildman–Crippen MR) is 106 cm³/mol. The molecule has 2 aromatic rings. The van der Waals surface area contributed by atoms with E-state index >= 15 is 0 Å². The van der Waals surface area contributed by atoms with E-state index in [-0.39, 0.29) is 0 Å². The van der Waals surface area contributed by atoms with Gasteiger partial charge in [-0.2, -0.15) is 0 Å². The molecule has 0 aliphatic rings. The summed E-state index contributed by atoms with van der Waals surface area (Å²) in [6.45, 7) is 2.72. The van der Waals surface area contributed by atoms with Gasteiger partial charge < -0.3 is 10.5 Å². The number of aromatic nitrogens is 2. The summed E-state index contributed by atoms with van der Waals surface area (Å²) in [6, 6.07) is 11.7. The Morgan fingerprint density at radius 2 is 2.08 bits per heavy atom. The molecule has 0 atom stereocenters. The number of halogens is 2. The van der Waals surface area contributed by atoms with Gasteiger partial charge in [0.2, 0.25) is 0 Å². The molecule has 0 radical (unpaired) electrons. The molecule has 0 saturated carbocycles. The minimum absolute atomic E-state index is 0.555. The van der Waals surface area contributed by atoms with E-state index in [1.807, 2.05) is 55.3 Å². The average Bonchev–Trinajstić information content (AvgIpc) is 2.61. The number of rotatable bonds is 5. The van der Waals surface area contributed by atoms with Crippen LogP contribution < -0.4 is 0 Å². The summed E-state index contributed by atoms with van der Waals surface area (Å²) in [5, 5.41) is 4.58. The molecule has 0 amide bonds. The molecule has 2 rings (SSSR count). The zero-order valence-corrected chi connectivity index (χ0v) is 17.1. The molecule has 0 fully saturated rings. The zero-order valence-electron chi connectivity index (χ0n) is 13.8. The van der Waals surface area contributed by atoms with Crippen LogP contribution >= 0.6 is 20.2 Å². The summed E-state index contributed by atoms with van der Waals surface area (Å²) in [7, 11) is 11.3. The fourth-order valence-corrected chi connectivity index (χ4v) is 1.93. The molecule has 0 spiro atoms. The molecule has 2 aromatic heterocycles. The predicted octanol–water partition coefficient (Wildman–Crippen LogP) is 3.41. The van der Waals surface area contributed by atoms with Gasteiger partial charge in [-0.25, -0.2) is 4.90 Å². The Balaban J connectivity index is 0.000000970. The molecule has 0 N–H and O–H groups in total. The van der Waals surface area contributed by atoms with Crippen LogP contribution in [0.25, 0.3) is 5.43 Å². The van der Waals surface area contributed by atoms with Crippen LogP contribution in [0.5, 0.6) is 0 Å². The number of thiol groups is 1. The number of hydrogen-bond acceptors (Lipinski definition) is 3. The molecular formula is C16H19Cl2CuN5S. The van der Waals surface area contributed by atoms with E-state index in [1.54, 1.807) is 12.4 Å². The van der Waals surface area contributed by atoms with E-state index in [4.69, 9.17) is 0 Å². The van der Waals surface area contributed by atoms with Crippen molar-refractivity contribution in [3.05, 3.63) is 65.1 Å². The van der Waals surface area contributed by atoms with Gasteiger partial charge >= 0.3 is 33.3 Å². The van der Waals surface area contributed by atoms with Gasteiger partial charge in [0.05, 0.1) is 5.69 Å². The van der Waals surface area contributed by atoms with E-state index in [0.29, 0.717) is 5.11 Å². The first-order valence-electron chi connectivity index (χ1n) is 7.22. The van der Waals surface area contributed by atoms with Crippen molar-refractivity contribution in [2.45, 2.75) is 13.3 Å². The van der Waals surface area contributed by atoms with Crippen molar-refractivity contribution >= 4 is 43.7 Å². The third-order valence-electron chi connectivity index (χ3n) is 3.02. The first-order chi connectivity index (χ1) is 12.1. The number of hydrogen-bond donors (Lipinski definition) is 0. The van der Waals surface area contributed by atoms with Gasteiger partial charge in [0.1, 0.15) is 0 Å². The number of pyridine rings is 2. The fourth-order valence-electron chi connectivity index (χ4n) is 1.78. The molecule has 0 unspecified atom stereocenters. The Morgan fingerprint density at radius 3 is 2.72 bits per heavy atom. The van der Waals surface area contributed by atoms with Crippen LogP contribution in [0.1, 0.15) is 17.1 Å². The van der Waals surface area contributed by atoms with Crippen molar-refractivity contribution in [3.63, 3.8) is 0 Å². The van der Waals surface area contributed by atoms with Crippen LogP contribution in [-0.2, 0) is 31.8 Å². The summed E-state index contributed by atoms with van der Waals surface area (Å²) < 4.78 is 0. The molecule has 0 aliphatic heterocycles. The van der Waals surface area contributed by atoms with Gasteiger partial charge in [-0.15, -0.1) is 0 Å². The summed E-state index contributed by atoms with van der Waals surface area (Å²) >= 11 is 5.12. The first kappa shape index (κ1) is 22.0. The summed E-state index contributed by atoms with van der Waals surface area (Å²) in [5.41, 5.74) is 6.85.